The van der Waals surface area contributed by atoms with Crippen LogP contribution in [0.3, 0.4) is 0 Å². The van der Waals surface area contributed by atoms with Gasteiger partial charge in [0.15, 0.2) is 0 Å². The van der Waals surface area contributed by atoms with E-state index in [1.807, 2.05) is 0 Å². The number of hydrogen-bond donors (Lipinski definition) is 2. The zero-order chi connectivity index (χ0) is 14.9. The van der Waals surface area contributed by atoms with Crippen LogP contribution in [0.4, 0.5) is 0 Å². The van der Waals surface area contributed by atoms with Crippen molar-refractivity contribution in [3.8, 4) is 0 Å². The van der Waals surface area contributed by atoms with Crippen LogP contribution in [0.15, 0.2) is 0 Å². The lowest BCUT2D eigenvalue weighted by molar-refractivity contribution is 0.168. The fourth-order valence-corrected chi connectivity index (χ4v) is 2.69. The van der Waals surface area contributed by atoms with E-state index in [0.717, 1.165) is 12.8 Å². The van der Waals surface area contributed by atoms with Gasteiger partial charge in [-0.3, -0.25) is 0 Å². The van der Waals surface area contributed by atoms with Gasteiger partial charge in [-0.05, 0) is 6.42 Å². The molecule has 0 spiro atoms. The van der Waals surface area contributed by atoms with Gasteiger partial charge in [-0.15, -0.1) is 0 Å². The molecule has 0 aliphatic heterocycles. The Morgan fingerprint density at radius 3 is 1.35 bits per heavy atom. The van der Waals surface area contributed by atoms with Crippen molar-refractivity contribution in [2.45, 2.75) is 109 Å². The van der Waals surface area contributed by atoms with E-state index in [9.17, 15) is 5.11 Å². The first kappa shape index (κ1) is 19.9. The molecule has 1 atom stereocenters. The Balaban J connectivity index is 2.96. The smallest absolute Gasteiger partial charge is 0.0662 e. The predicted octanol–water partition coefficient (Wildman–Crippen LogP) is 5.18. The van der Waals surface area contributed by atoms with Gasteiger partial charge in [-0.2, -0.15) is 0 Å². The number of aliphatic hydroxyl groups excluding tert-OH is 1. The topological polar surface area (TPSA) is 46.2 Å². The summed E-state index contributed by atoms with van der Waals surface area (Å²) in [6.45, 7) is 2.69. The number of rotatable bonds is 16. The Bertz CT molecular complexity index is 173. The predicted molar refractivity (Wildman–Crippen MR) is 90.0 cm³/mol. The lowest BCUT2D eigenvalue weighted by Crippen LogP contribution is -2.19. The zero-order valence-electron chi connectivity index (χ0n) is 13.9. The van der Waals surface area contributed by atoms with E-state index in [1.54, 1.807) is 0 Å². The highest BCUT2D eigenvalue weighted by molar-refractivity contribution is 4.56. The SMILES string of the molecule is CCCCCCCCCCCCCCCC[C@@H](O)CN. The van der Waals surface area contributed by atoms with E-state index in [2.05, 4.69) is 6.92 Å². The summed E-state index contributed by atoms with van der Waals surface area (Å²) < 4.78 is 0. The summed E-state index contributed by atoms with van der Waals surface area (Å²) in [5.74, 6) is 0. The first-order valence-corrected chi connectivity index (χ1v) is 9.19. The monoisotopic (exact) mass is 285 g/mol. The molecule has 0 bridgehead atoms. The minimum absolute atomic E-state index is 0.271. The van der Waals surface area contributed by atoms with Gasteiger partial charge >= 0.3 is 0 Å². The zero-order valence-corrected chi connectivity index (χ0v) is 13.9. The van der Waals surface area contributed by atoms with Crippen LogP contribution >= 0.6 is 0 Å². The van der Waals surface area contributed by atoms with Crippen LogP contribution in [0.2, 0.25) is 0 Å². The molecular formula is C18H39NO. The Hall–Kier alpha value is -0.0800. The quantitative estimate of drug-likeness (QED) is 0.384. The van der Waals surface area contributed by atoms with Gasteiger partial charge in [-0.1, -0.05) is 96.8 Å². The summed E-state index contributed by atoms with van der Waals surface area (Å²) in [6.07, 6.45) is 19.9. The van der Waals surface area contributed by atoms with Crippen LogP contribution in [-0.4, -0.2) is 17.8 Å². The molecule has 0 unspecified atom stereocenters. The molecule has 0 amide bonds. The second-order valence-corrected chi connectivity index (χ2v) is 6.27. The highest BCUT2D eigenvalue weighted by Gasteiger charge is 1.99. The fourth-order valence-electron chi connectivity index (χ4n) is 2.69. The molecule has 2 nitrogen and oxygen atoms in total. The van der Waals surface area contributed by atoms with Gasteiger partial charge < -0.3 is 10.8 Å². The summed E-state index contributed by atoms with van der Waals surface area (Å²) in [7, 11) is 0. The molecule has 2 heteroatoms. The van der Waals surface area contributed by atoms with Crippen LogP contribution in [0.25, 0.3) is 0 Å². The summed E-state index contributed by atoms with van der Waals surface area (Å²) >= 11 is 0. The average molecular weight is 286 g/mol. The van der Waals surface area contributed by atoms with Crippen LogP contribution in [0, 0.1) is 0 Å². The molecule has 20 heavy (non-hydrogen) atoms. The third-order valence-electron chi connectivity index (χ3n) is 4.16. The molecule has 0 aromatic heterocycles. The van der Waals surface area contributed by atoms with E-state index >= 15 is 0 Å². The lowest BCUT2D eigenvalue weighted by Gasteiger charge is -2.06. The summed E-state index contributed by atoms with van der Waals surface area (Å²) in [5.41, 5.74) is 5.38. The van der Waals surface area contributed by atoms with Crippen molar-refractivity contribution < 1.29 is 5.11 Å². The molecule has 0 aromatic rings. The third-order valence-corrected chi connectivity index (χ3v) is 4.16. The van der Waals surface area contributed by atoms with Crippen molar-refractivity contribution in [3.05, 3.63) is 0 Å². The van der Waals surface area contributed by atoms with Crippen molar-refractivity contribution in [2.75, 3.05) is 6.54 Å². The molecule has 0 saturated carbocycles. The summed E-state index contributed by atoms with van der Waals surface area (Å²) in [4.78, 5) is 0. The molecule has 0 fully saturated rings. The van der Waals surface area contributed by atoms with Crippen LogP contribution < -0.4 is 5.73 Å². The van der Waals surface area contributed by atoms with Crippen molar-refractivity contribution in [3.63, 3.8) is 0 Å². The summed E-state index contributed by atoms with van der Waals surface area (Å²) in [5, 5.41) is 9.32. The lowest BCUT2D eigenvalue weighted by atomic mass is 10.0. The number of unbranched alkanes of at least 4 members (excludes halogenated alkanes) is 13. The van der Waals surface area contributed by atoms with E-state index in [4.69, 9.17) is 5.73 Å². The Morgan fingerprint density at radius 1 is 0.650 bits per heavy atom. The van der Waals surface area contributed by atoms with Gasteiger partial charge in [0.1, 0.15) is 0 Å². The second-order valence-electron chi connectivity index (χ2n) is 6.27. The molecule has 122 valence electrons. The van der Waals surface area contributed by atoms with Gasteiger partial charge in [0.25, 0.3) is 0 Å². The minimum atomic E-state index is -0.271. The molecule has 0 saturated heterocycles. The van der Waals surface area contributed by atoms with Crippen molar-refractivity contribution in [2.24, 2.45) is 5.73 Å². The third kappa shape index (κ3) is 16.0. The van der Waals surface area contributed by atoms with Gasteiger partial charge in [-0.25, -0.2) is 0 Å². The Morgan fingerprint density at radius 2 is 1.00 bits per heavy atom. The van der Waals surface area contributed by atoms with Crippen molar-refractivity contribution in [1.29, 1.82) is 0 Å². The number of hydrogen-bond acceptors (Lipinski definition) is 2. The highest BCUT2D eigenvalue weighted by Crippen LogP contribution is 2.13. The molecule has 3 N–H and O–H groups in total. The maximum Gasteiger partial charge on any atom is 0.0662 e. The second kappa shape index (κ2) is 17.0. The molecule has 0 radical (unpaired) electrons. The number of nitrogens with two attached hydrogens (primary N) is 1. The largest absolute Gasteiger partial charge is 0.392 e. The molecular weight excluding hydrogens is 246 g/mol. The number of aliphatic hydroxyl groups is 1. The van der Waals surface area contributed by atoms with Gasteiger partial charge in [0, 0.05) is 6.54 Å². The van der Waals surface area contributed by atoms with Gasteiger partial charge in [0.05, 0.1) is 6.10 Å². The molecule has 0 heterocycles. The maximum absolute atomic E-state index is 9.32. The fraction of sp³-hybridized carbons (Fsp3) is 1.00. The standard InChI is InChI=1S/C18H39NO/c1-2-3-4-5-6-7-8-9-10-11-12-13-14-15-16-18(20)17-19/h18,20H,2-17,19H2,1H3/t18-/m1/s1. The first-order chi connectivity index (χ1) is 9.81. The van der Waals surface area contributed by atoms with Gasteiger partial charge in [0.2, 0.25) is 0 Å². The maximum atomic E-state index is 9.32. The van der Waals surface area contributed by atoms with Crippen LogP contribution in [0.1, 0.15) is 103 Å². The van der Waals surface area contributed by atoms with Crippen molar-refractivity contribution in [1.82, 2.24) is 0 Å². The molecule has 0 rings (SSSR count). The molecule has 0 aliphatic rings. The van der Waals surface area contributed by atoms with E-state index in [-0.39, 0.29) is 6.10 Å². The van der Waals surface area contributed by atoms with Crippen LogP contribution in [-0.2, 0) is 0 Å². The van der Waals surface area contributed by atoms with E-state index < -0.39 is 0 Å². The van der Waals surface area contributed by atoms with Crippen molar-refractivity contribution >= 4 is 0 Å². The Kier molecular flexibility index (Phi) is 16.9. The average Bonchev–Trinajstić information content (AvgIpc) is 2.47. The highest BCUT2D eigenvalue weighted by atomic mass is 16.3. The molecule has 0 aromatic carbocycles. The molecule has 0 aliphatic carbocycles. The van der Waals surface area contributed by atoms with E-state index in [1.165, 1.54) is 83.5 Å². The Labute approximate surface area is 127 Å². The van der Waals surface area contributed by atoms with Crippen LogP contribution in [0.5, 0.6) is 0 Å². The van der Waals surface area contributed by atoms with E-state index in [0.29, 0.717) is 6.54 Å². The normalized spacial score (nSPS) is 12.8. The summed E-state index contributed by atoms with van der Waals surface area (Å²) in [6, 6.07) is 0. The first-order valence-electron chi connectivity index (χ1n) is 9.19. The minimum Gasteiger partial charge on any atom is -0.392 e.